The molecule has 7 nitrogen and oxygen atoms in total. The van der Waals surface area contributed by atoms with Crippen LogP contribution in [0.15, 0.2) is 72.8 Å². The van der Waals surface area contributed by atoms with Crippen LogP contribution >= 0.6 is 0 Å². The summed E-state index contributed by atoms with van der Waals surface area (Å²) in [4.78, 5) is 12.3. The molecule has 0 unspecified atom stereocenters. The molecule has 3 N–H and O–H groups in total. The Morgan fingerprint density at radius 2 is 1.71 bits per heavy atom. The fourth-order valence-electron chi connectivity index (χ4n) is 3.51. The number of halogens is 1. The third-order valence-corrected chi connectivity index (χ3v) is 5.79. The van der Waals surface area contributed by atoms with Gasteiger partial charge in [0.05, 0.1) is 17.9 Å². The van der Waals surface area contributed by atoms with Gasteiger partial charge in [0.25, 0.3) is 5.91 Å². The number of carbonyl (C=O) groups excluding carboxylic acids is 1. The molecule has 186 valence electrons. The molecule has 0 saturated heterocycles. The van der Waals surface area contributed by atoms with Gasteiger partial charge in [-0.2, -0.15) is 0 Å². The smallest absolute Gasteiger partial charge is 0.268 e. The normalized spacial score (nSPS) is 12.2. The molecule has 3 aromatic rings. The maximum atomic E-state index is 12.7. The molecule has 35 heavy (non-hydrogen) atoms. The van der Waals surface area contributed by atoms with Crippen LogP contribution in [-0.4, -0.2) is 52.1 Å². The molecule has 1 atom stereocenters. The second-order valence-corrected chi connectivity index (χ2v) is 9.78. The van der Waals surface area contributed by atoms with E-state index in [4.69, 9.17) is 4.74 Å². The lowest BCUT2D eigenvalue weighted by Crippen LogP contribution is -2.29. The highest BCUT2D eigenvalue weighted by atomic mass is 32.2. The third kappa shape index (κ3) is 8.17. The standard InChI is InChI=1S/C26H29FN2O5S/c1-35(32,33)29-26(31)23-12-11-22(17-25(23)34-16-14-27)20-9-7-19(8-10-20)13-15-28-18-24(30)21-5-3-2-4-6-21/h2-12,17,24,28,30H,13-16,18H2,1H3,(H,29,31)/t24-/m1/s1. The van der Waals surface area contributed by atoms with E-state index in [0.717, 1.165) is 34.9 Å². The third-order valence-electron chi connectivity index (χ3n) is 5.24. The van der Waals surface area contributed by atoms with Gasteiger partial charge in [0, 0.05) is 6.54 Å². The number of nitrogens with one attached hydrogen (secondary N) is 2. The molecule has 0 heterocycles. The van der Waals surface area contributed by atoms with Crippen molar-refractivity contribution in [1.29, 1.82) is 0 Å². The number of ether oxygens (including phenoxy) is 1. The Kier molecular flexibility index (Phi) is 9.36. The first-order valence-electron chi connectivity index (χ1n) is 11.1. The van der Waals surface area contributed by atoms with Gasteiger partial charge in [0.15, 0.2) is 0 Å². The number of aliphatic hydroxyl groups is 1. The van der Waals surface area contributed by atoms with Crippen LogP contribution in [0.4, 0.5) is 4.39 Å². The maximum Gasteiger partial charge on any atom is 0.268 e. The summed E-state index contributed by atoms with van der Waals surface area (Å²) in [6.07, 6.45) is 1.09. The fraction of sp³-hybridized carbons (Fsp3) is 0.269. The lowest BCUT2D eigenvalue weighted by Gasteiger charge is -2.13. The van der Waals surface area contributed by atoms with E-state index in [0.29, 0.717) is 13.1 Å². The van der Waals surface area contributed by atoms with E-state index in [2.05, 4.69) is 5.32 Å². The van der Waals surface area contributed by atoms with Crippen molar-refractivity contribution in [3.63, 3.8) is 0 Å². The van der Waals surface area contributed by atoms with Crippen molar-refractivity contribution in [3.05, 3.63) is 89.5 Å². The van der Waals surface area contributed by atoms with E-state index in [1.165, 1.54) is 6.07 Å². The van der Waals surface area contributed by atoms with Crippen LogP contribution in [0.25, 0.3) is 11.1 Å². The van der Waals surface area contributed by atoms with E-state index in [-0.39, 0.29) is 17.9 Å². The maximum absolute atomic E-state index is 12.7. The van der Waals surface area contributed by atoms with Gasteiger partial charge in [-0.05, 0) is 47.4 Å². The lowest BCUT2D eigenvalue weighted by atomic mass is 10.0. The van der Waals surface area contributed by atoms with E-state index in [1.807, 2.05) is 59.3 Å². The highest BCUT2D eigenvalue weighted by Crippen LogP contribution is 2.28. The van der Waals surface area contributed by atoms with Crippen molar-refractivity contribution in [2.45, 2.75) is 12.5 Å². The summed E-state index contributed by atoms with van der Waals surface area (Å²) in [6.45, 7) is 0.160. The number of hydrogen-bond acceptors (Lipinski definition) is 6. The fourth-order valence-corrected chi connectivity index (χ4v) is 3.96. The summed E-state index contributed by atoms with van der Waals surface area (Å²) in [5.74, 6) is -0.736. The first-order chi connectivity index (χ1) is 16.8. The quantitative estimate of drug-likeness (QED) is 0.330. The molecule has 0 fully saturated rings. The summed E-state index contributed by atoms with van der Waals surface area (Å²) in [7, 11) is -3.75. The van der Waals surface area contributed by atoms with Gasteiger partial charge in [-0.25, -0.2) is 17.5 Å². The number of rotatable bonds is 12. The van der Waals surface area contributed by atoms with Crippen molar-refractivity contribution >= 4 is 15.9 Å². The molecule has 0 aromatic heterocycles. The van der Waals surface area contributed by atoms with Gasteiger partial charge in [-0.15, -0.1) is 0 Å². The van der Waals surface area contributed by atoms with Gasteiger partial charge < -0.3 is 15.2 Å². The first-order valence-corrected chi connectivity index (χ1v) is 13.0. The molecule has 0 aliphatic carbocycles. The Balaban J connectivity index is 1.62. The molecule has 3 aromatic carbocycles. The van der Waals surface area contributed by atoms with Crippen molar-refractivity contribution in [2.75, 3.05) is 32.6 Å². The Bertz CT molecular complexity index is 1220. The Labute approximate surface area is 205 Å². The van der Waals surface area contributed by atoms with E-state index < -0.39 is 28.7 Å². The van der Waals surface area contributed by atoms with Gasteiger partial charge >= 0.3 is 0 Å². The minimum Gasteiger partial charge on any atom is -0.490 e. The zero-order chi connectivity index (χ0) is 25.3. The predicted octanol–water partition coefficient (Wildman–Crippen LogP) is 3.26. The number of alkyl halides is 1. The molecular formula is C26H29FN2O5S. The molecule has 0 spiro atoms. The van der Waals surface area contributed by atoms with Crippen molar-refractivity contribution in [1.82, 2.24) is 10.0 Å². The lowest BCUT2D eigenvalue weighted by molar-refractivity contribution is 0.0977. The number of aliphatic hydroxyl groups excluding tert-OH is 1. The summed E-state index contributed by atoms with van der Waals surface area (Å²) >= 11 is 0. The monoisotopic (exact) mass is 500 g/mol. The molecule has 0 saturated carbocycles. The molecule has 0 aliphatic rings. The largest absolute Gasteiger partial charge is 0.490 e. The second kappa shape index (κ2) is 12.4. The summed E-state index contributed by atoms with van der Waals surface area (Å²) in [5, 5.41) is 13.5. The highest BCUT2D eigenvalue weighted by Gasteiger charge is 2.17. The van der Waals surface area contributed by atoms with Gasteiger partial charge in [0.1, 0.15) is 19.0 Å². The minimum atomic E-state index is -3.75. The number of amides is 1. The van der Waals surface area contributed by atoms with Crippen LogP contribution in [0, 0.1) is 0 Å². The van der Waals surface area contributed by atoms with E-state index in [9.17, 15) is 22.7 Å². The molecule has 3 rings (SSSR count). The van der Waals surface area contributed by atoms with Crippen LogP contribution in [0.2, 0.25) is 0 Å². The SMILES string of the molecule is CS(=O)(=O)NC(=O)c1ccc(-c2ccc(CCNC[C@@H](O)c3ccccc3)cc2)cc1OCCF. The number of benzene rings is 3. The summed E-state index contributed by atoms with van der Waals surface area (Å²) in [5.41, 5.74) is 3.59. The average Bonchev–Trinajstić information content (AvgIpc) is 2.85. The average molecular weight is 501 g/mol. The van der Waals surface area contributed by atoms with Crippen LogP contribution in [0.5, 0.6) is 5.75 Å². The molecule has 0 bridgehead atoms. The highest BCUT2D eigenvalue weighted by molar-refractivity contribution is 7.89. The van der Waals surface area contributed by atoms with Crippen molar-refractivity contribution in [2.24, 2.45) is 0 Å². The van der Waals surface area contributed by atoms with Crippen LogP contribution in [0.1, 0.15) is 27.6 Å². The first kappa shape index (κ1) is 26.3. The van der Waals surface area contributed by atoms with E-state index in [1.54, 1.807) is 12.1 Å². The molecule has 9 heteroatoms. The summed E-state index contributed by atoms with van der Waals surface area (Å²) < 4.78 is 42.7. The zero-order valence-corrected chi connectivity index (χ0v) is 20.2. The van der Waals surface area contributed by atoms with Gasteiger partial charge in [-0.3, -0.25) is 4.79 Å². The molecular weight excluding hydrogens is 471 g/mol. The van der Waals surface area contributed by atoms with Crippen LogP contribution in [-0.2, 0) is 16.4 Å². The molecule has 0 aliphatic heterocycles. The number of hydrogen-bond donors (Lipinski definition) is 3. The predicted molar refractivity (Wildman–Crippen MR) is 134 cm³/mol. The second-order valence-electron chi connectivity index (χ2n) is 8.03. The topological polar surface area (TPSA) is 105 Å². The Hall–Kier alpha value is -3.27. The Morgan fingerprint density at radius 3 is 2.37 bits per heavy atom. The number of carbonyl (C=O) groups is 1. The zero-order valence-electron chi connectivity index (χ0n) is 19.4. The minimum absolute atomic E-state index is 0.00742. The Morgan fingerprint density at radius 1 is 1.03 bits per heavy atom. The van der Waals surface area contributed by atoms with Gasteiger partial charge in [-0.1, -0.05) is 60.7 Å². The van der Waals surface area contributed by atoms with Crippen molar-refractivity contribution in [3.8, 4) is 16.9 Å². The molecule has 0 radical (unpaired) electrons. The number of sulfonamides is 1. The van der Waals surface area contributed by atoms with Crippen LogP contribution in [0.3, 0.4) is 0 Å². The summed E-state index contributed by atoms with van der Waals surface area (Å²) in [6, 6.07) is 22.0. The van der Waals surface area contributed by atoms with Gasteiger partial charge in [0.2, 0.25) is 10.0 Å². The van der Waals surface area contributed by atoms with E-state index >= 15 is 0 Å². The van der Waals surface area contributed by atoms with Crippen molar-refractivity contribution < 1.29 is 27.4 Å². The molecule has 1 amide bonds. The van der Waals surface area contributed by atoms with Crippen LogP contribution < -0.4 is 14.8 Å².